The van der Waals surface area contributed by atoms with E-state index >= 15 is 0 Å². The number of nitrogens with zero attached hydrogens (tertiary/aromatic N) is 2. The summed E-state index contributed by atoms with van der Waals surface area (Å²) in [6.07, 6.45) is 1.45. The maximum absolute atomic E-state index is 11.4. The molecule has 0 saturated carbocycles. The van der Waals surface area contributed by atoms with E-state index in [0.29, 0.717) is 17.2 Å². The number of nitro groups is 1. The molecule has 0 fully saturated rings. The topological polar surface area (TPSA) is 128 Å². The van der Waals surface area contributed by atoms with Gasteiger partial charge in [-0.2, -0.15) is 5.10 Å². The van der Waals surface area contributed by atoms with Crippen LogP contribution in [0.3, 0.4) is 0 Å². The fourth-order valence-electron chi connectivity index (χ4n) is 2.21. The minimum absolute atomic E-state index is 0.0602. The lowest BCUT2D eigenvalue weighted by Gasteiger charge is -2.08. The summed E-state index contributed by atoms with van der Waals surface area (Å²) in [6.45, 7) is 1.98. The van der Waals surface area contributed by atoms with Crippen LogP contribution in [0, 0.1) is 10.1 Å². The Morgan fingerprint density at radius 3 is 2.46 bits per heavy atom. The average molecular weight is 397 g/mol. The molecule has 0 unspecified atom stereocenters. The van der Waals surface area contributed by atoms with Crippen LogP contribution >= 0.6 is 11.6 Å². The molecule has 0 aliphatic carbocycles. The second kappa shape index (κ2) is 8.26. The van der Waals surface area contributed by atoms with Crippen molar-refractivity contribution in [3.8, 4) is 0 Å². The number of hydrazone groups is 1. The summed E-state index contributed by atoms with van der Waals surface area (Å²) in [7, 11) is -4.04. The molecule has 0 spiro atoms. The van der Waals surface area contributed by atoms with Crippen molar-refractivity contribution >= 4 is 38.7 Å². The van der Waals surface area contributed by atoms with Gasteiger partial charge in [0.25, 0.3) is 5.69 Å². The van der Waals surface area contributed by atoms with Crippen LogP contribution in [-0.2, 0) is 10.0 Å². The van der Waals surface area contributed by atoms with Crippen LogP contribution in [0.4, 0.5) is 11.4 Å². The van der Waals surface area contributed by atoms with E-state index in [0.717, 1.165) is 18.1 Å². The first-order chi connectivity index (χ1) is 12.2. The largest absolute Gasteiger partial charge is 0.295 e. The van der Waals surface area contributed by atoms with Gasteiger partial charge in [-0.25, -0.2) is 13.6 Å². The highest BCUT2D eigenvalue weighted by Crippen LogP contribution is 2.27. The summed E-state index contributed by atoms with van der Waals surface area (Å²) in [5, 5.41) is 21.1. The first kappa shape index (κ1) is 19.8. The van der Waals surface area contributed by atoms with Gasteiger partial charge in [0.15, 0.2) is 0 Å². The highest BCUT2D eigenvalue weighted by molar-refractivity contribution is 7.89. The van der Waals surface area contributed by atoms with Crippen molar-refractivity contribution in [1.82, 2.24) is 0 Å². The van der Waals surface area contributed by atoms with Crippen molar-refractivity contribution in [2.75, 3.05) is 5.43 Å². The van der Waals surface area contributed by atoms with E-state index < -0.39 is 20.6 Å². The lowest BCUT2D eigenvalue weighted by Crippen LogP contribution is -2.12. The minimum atomic E-state index is -4.04. The third kappa shape index (κ3) is 5.01. The Morgan fingerprint density at radius 1 is 1.27 bits per heavy atom. The van der Waals surface area contributed by atoms with Crippen molar-refractivity contribution in [1.29, 1.82) is 0 Å². The summed E-state index contributed by atoms with van der Waals surface area (Å²) in [5.41, 5.74) is 3.79. The van der Waals surface area contributed by atoms with E-state index in [2.05, 4.69) is 10.5 Å². The molecular weight excluding hydrogens is 380 g/mol. The van der Waals surface area contributed by atoms with Crippen LogP contribution in [0.25, 0.3) is 0 Å². The van der Waals surface area contributed by atoms with Crippen LogP contribution < -0.4 is 10.6 Å². The molecule has 0 amide bonds. The molecule has 0 aliphatic rings. The van der Waals surface area contributed by atoms with Crippen molar-refractivity contribution in [3.05, 3.63) is 63.2 Å². The molecule has 26 heavy (non-hydrogen) atoms. The number of rotatable bonds is 7. The molecule has 0 saturated heterocycles. The van der Waals surface area contributed by atoms with Gasteiger partial charge in [-0.3, -0.25) is 15.5 Å². The molecule has 10 heteroatoms. The molecule has 2 aromatic rings. The summed E-state index contributed by atoms with van der Waals surface area (Å²) in [6, 6.07) is 10.4. The number of primary sulfonamides is 1. The summed E-state index contributed by atoms with van der Waals surface area (Å²) >= 11 is 5.88. The molecule has 2 rings (SSSR count). The van der Waals surface area contributed by atoms with Gasteiger partial charge in [0.1, 0.15) is 5.69 Å². The second-order valence-electron chi connectivity index (χ2n) is 5.41. The normalized spacial score (nSPS) is 12.0. The number of sulfonamides is 1. The lowest BCUT2D eigenvalue weighted by atomic mass is 10.1. The standard InChI is InChI=1S/C16H17ClN4O4S/c1-2-3-14(11-4-6-12(17)7-5-11)19-20-15-9-8-13(26(18,24)25)10-16(15)21(22)23/h4-10,20H,2-3H2,1H3,(H2,18,24,25)/b19-14-. The molecule has 2 aromatic carbocycles. The number of nitrogens with one attached hydrogen (secondary N) is 1. The molecule has 0 aromatic heterocycles. The third-order valence-electron chi connectivity index (χ3n) is 3.47. The van der Waals surface area contributed by atoms with E-state index in [1.54, 1.807) is 24.3 Å². The smallest absolute Gasteiger partial charge is 0.271 e. The van der Waals surface area contributed by atoms with Crippen molar-refractivity contribution < 1.29 is 13.3 Å². The molecular formula is C16H17ClN4O4S. The maximum atomic E-state index is 11.4. The SMILES string of the molecule is CCC/C(=N/Nc1ccc(S(N)(=O)=O)cc1[N+](=O)[O-])c1ccc(Cl)cc1. The Hall–Kier alpha value is -2.49. The summed E-state index contributed by atoms with van der Waals surface area (Å²) in [5.74, 6) is 0. The molecule has 0 atom stereocenters. The molecule has 0 aliphatic heterocycles. The monoisotopic (exact) mass is 396 g/mol. The minimum Gasteiger partial charge on any atom is -0.271 e. The zero-order valence-electron chi connectivity index (χ0n) is 13.8. The van der Waals surface area contributed by atoms with Gasteiger partial charge in [0.2, 0.25) is 10.0 Å². The van der Waals surface area contributed by atoms with Gasteiger partial charge in [0.05, 0.1) is 15.5 Å². The van der Waals surface area contributed by atoms with Crippen LogP contribution in [0.15, 0.2) is 52.5 Å². The number of nitro benzene ring substituents is 1. The fourth-order valence-corrected chi connectivity index (χ4v) is 2.87. The quantitative estimate of drug-likeness (QED) is 0.420. The Kier molecular flexibility index (Phi) is 6.30. The molecule has 3 N–H and O–H groups in total. The van der Waals surface area contributed by atoms with Crippen LogP contribution in [0.1, 0.15) is 25.3 Å². The number of hydrogen-bond acceptors (Lipinski definition) is 6. The Balaban J connectivity index is 2.39. The highest BCUT2D eigenvalue weighted by Gasteiger charge is 2.19. The molecule has 138 valence electrons. The summed E-state index contributed by atoms with van der Waals surface area (Å²) in [4.78, 5) is 10.2. The zero-order chi connectivity index (χ0) is 19.3. The Morgan fingerprint density at radius 2 is 1.92 bits per heavy atom. The predicted octanol–water partition coefficient (Wildman–Crippen LogP) is 3.51. The first-order valence-corrected chi connectivity index (χ1v) is 9.54. The molecule has 0 bridgehead atoms. The number of anilines is 1. The maximum Gasteiger partial charge on any atom is 0.295 e. The van der Waals surface area contributed by atoms with E-state index in [-0.39, 0.29) is 10.6 Å². The number of halogens is 1. The van der Waals surface area contributed by atoms with Gasteiger partial charge in [-0.15, -0.1) is 0 Å². The summed E-state index contributed by atoms with van der Waals surface area (Å²) < 4.78 is 22.8. The molecule has 8 nitrogen and oxygen atoms in total. The van der Waals surface area contributed by atoms with Gasteiger partial charge in [0, 0.05) is 11.1 Å². The zero-order valence-corrected chi connectivity index (χ0v) is 15.4. The Labute approximate surface area is 155 Å². The number of nitrogens with two attached hydrogens (primary N) is 1. The highest BCUT2D eigenvalue weighted by atomic mass is 35.5. The van der Waals surface area contributed by atoms with E-state index in [9.17, 15) is 18.5 Å². The van der Waals surface area contributed by atoms with Crippen LogP contribution in [0.2, 0.25) is 5.02 Å². The van der Waals surface area contributed by atoms with Gasteiger partial charge >= 0.3 is 0 Å². The van der Waals surface area contributed by atoms with Crippen molar-refractivity contribution in [3.63, 3.8) is 0 Å². The number of benzene rings is 2. The Bertz CT molecular complexity index is 943. The second-order valence-corrected chi connectivity index (χ2v) is 7.41. The first-order valence-electron chi connectivity index (χ1n) is 7.62. The van der Waals surface area contributed by atoms with Crippen molar-refractivity contribution in [2.45, 2.75) is 24.7 Å². The van der Waals surface area contributed by atoms with Gasteiger partial charge < -0.3 is 0 Å². The van der Waals surface area contributed by atoms with Crippen LogP contribution in [-0.4, -0.2) is 19.1 Å². The van der Waals surface area contributed by atoms with E-state index in [1.807, 2.05) is 6.92 Å². The van der Waals surface area contributed by atoms with Crippen molar-refractivity contribution in [2.24, 2.45) is 10.2 Å². The van der Waals surface area contributed by atoms with Gasteiger partial charge in [-0.1, -0.05) is 37.1 Å². The lowest BCUT2D eigenvalue weighted by molar-refractivity contribution is -0.384. The van der Waals surface area contributed by atoms with E-state index in [1.165, 1.54) is 12.1 Å². The van der Waals surface area contributed by atoms with E-state index in [4.69, 9.17) is 16.7 Å². The molecule has 0 radical (unpaired) electrons. The van der Waals surface area contributed by atoms with Gasteiger partial charge in [-0.05, 0) is 36.2 Å². The fraction of sp³-hybridized carbons (Fsp3) is 0.188. The predicted molar refractivity (Wildman–Crippen MR) is 101 cm³/mol. The average Bonchev–Trinajstić information content (AvgIpc) is 2.58. The number of hydrogen-bond donors (Lipinski definition) is 2. The molecule has 0 heterocycles. The van der Waals surface area contributed by atoms with Crippen LogP contribution in [0.5, 0.6) is 0 Å². The third-order valence-corrected chi connectivity index (χ3v) is 4.63.